The third-order valence-electron chi connectivity index (χ3n) is 5.14. The minimum Gasteiger partial charge on any atom is -0.481 e. The molecule has 1 aromatic rings. The Morgan fingerprint density at radius 1 is 1.27 bits per heavy atom. The van der Waals surface area contributed by atoms with E-state index in [1.807, 2.05) is 0 Å². The molecule has 0 aromatic heterocycles. The number of aryl methyl sites for hydroxylation is 1. The van der Waals surface area contributed by atoms with Crippen LogP contribution in [-0.4, -0.2) is 48.0 Å². The summed E-state index contributed by atoms with van der Waals surface area (Å²) in [5, 5.41) is 9.34. The molecule has 2 bridgehead atoms. The lowest BCUT2D eigenvalue weighted by Gasteiger charge is -2.23. The average Bonchev–Trinajstić information content (AvgIpc) is 3.13. The van der Waals surface area contributed by atoms with Gasteiger partial charge in [0.15, 0.2) is 0 Å². The summed E-state index contributed by atoms with van der Waals surface area (Å²) < 4.78 is 32.8. The van der Waals surface area contributed by atoms with Gasteiger partial charge in [0.2, 0.25) is 10.0 Å². The van der Waals surface area contributed by atoms with Crippen molar-refractivity contribution < 1.29 is 27.9 Å². The second kappa shape index (κ2) is 6.66. The highest BCUT2D eigenvalue weighted by atomic mass is 32.2. The van der Waals surface area contributed by atoms with Crippen molar-refractivity contribution in [3.63, 3.8) is 0 Å². The van der Waals surface area contributed by atoms with Crippen molar-refractivity contribution in [2.24, 2.45) is 5.92 Å². The van der Waals surface area contributed by atoms with Crippen LogP contribution in [0.5, 0.6) is 0 Å². The van der Waals surface area contributed by atoms with Gasteiger partial charge in [-0.3, -0.25) is 4.79 Å². The van der Waals surface area contributed by atoms with E-state index in [-0.39, 0.29) is 22.6 Å². The molecule has 1 aromatic carbocycles. The average molecular weight is 381 g/mol. The number of aliphatic carboxylic acids is 1. The van der Waals surface area contributed by atoms with Gasteiger partial charge in [0, 0.05) is 12.1 Å². The summed E-state index contributed by atoms with van der Waals surface area (Å²) in [5.74, 6) is -2.19. The number of carboxylic acid groups (broad SMARTS) is 1. The highest BCUT2D eigenvalue weighted by Crippen LogP contribution is 2.45. The van der Waals surface area contributed by atoms with Gasteiger partial charge in [0.1, 0.15) is 0 Å². The number of fused-ring (bicyclic) bond motifs is 2. The largest absolute Gasteiger partial charge is 0.481 e. The Bertz CT molecular complexity index is 847. The minimum atomic E-state index is -3.88. The number of rotatable bonds is 5. The van der Waals surface area contributed by atoms with Gasteiger partial charge >= 0.3 is 11.9 Å². The molecular weight excluding hydrogens is 358 g/mol. The van der Waals surface area contributed by atoms with Crippen LogP contribution in [0.3, 0.4) is 0 Å². The molecule has 26 heavy (non-hydrogen) atoms. The molecule has 0 saturated carbocycles. The molecule has 2 aliphatic rings. The Hall–Kier alpha value is -1.93. The van der Waals surface area contributed by atoms with Gasteiger partial charge in [-0.15, -0.1) is 0 Å². The SMILES string of the molecule is Cc1ccc(S(=O)(=O)N2C3CCC2C(C(=O)O)C3)cc1C(=O)OC(C)C. The molecule has 3 rings (SSSR count). The van der Waals surface area contributed by atoms with Crippen LogP contribution in [-0.2, 0) is 19.6 Å². The number of hydrogen-bond acceptors (Lipinski definition) is 5. The minimum absolute atomic E-state index is 0.00162. The molecule has 2 fully saturated rings. The van der Waals surface area contributed by atoms with E-state index < -0.39 is 33.9 Å². The summed E-state index contributed by atoms with van der Waals surface area (Å²) in [4.78, 5) is 23.7. The molecule has 0 spiro atoms. The Morgan fingerprint density at radius 3 is 2.54 bits per heavy atom. The van der Waals surface area contributed by atoms with Crippen LogP contribution in [0.4, 0.5) is 0 Å². The quantitative estimate of drug-likeness (QED) is 0.785. The zero-order valence-corrected chi connectivity index (χ0v) is 15.8. The van der Waals surface area contributed by atoms with E-state index in [0.29, 0.717) is 24.8 Å². The molecule has 2 saturated heterocycles. The lowest BCUT2D eigenvalue weighted by Crippen LogP contribution is -2.37. The maximum absolute atomic E-state index is 13.2. The molecule has 0 aliphatic carbocycles. The second-order valence-electron chi connectivity index (χ2n) is 7.24. The van der Waals surface area contributed by atoms with Gasteiger partial charge in [-0.2, -0.15) is 4.31 Å². The van der Waals surface area contributed by atoms with Crippen LogP contribution < -0.4 is 0 Å². The van der Waals surface area contributed by atoms with Crippen molar-refractivity contribution in [2.45, 2.75) is 63.1 Å². The first-order valence-electron chi connectivity index (χ1n) is 8.71. The van der Waals surface area contributed by atoms with Crippen LogP contribution in [0.1, 0.15) is 49.0 Å². The highest BCUT2D eigenvalue weighted by molar-refractivity contribution is 7.89. The van der Waals surface area contributed by atoms with Gasteiger partial charge in [0.25, 0.3) is 0 Å². The van der Waals surface area contributed by atoms with Crippen LogP contribution in [0.2, 0.25) is 0 Å². The number of benzene rings is 1. The molecule has 2 aliphatic heterocycles. The molecule has 3 atom stereocenters. The summed E-state index contributed by atoms with van der Waals surface area (Å²) >= 11 is 0. The van der Waals surface area contributed by atoms with Crippen LogP contribution in [0, 0.1) is 12.8 Å². The predicted molar refractivity (Wildman–Crippen MR) is 93.3 cm³/mol. The molecule has 8 heteroatoms. The van der Waals surface area contributed by atoms with E-state index in [1.54, 1.807) is 26.8 Å². The number of carboxylic acids is 1. The summed E-state index contributed by atoms with van der Waals surface area (Å²) in [7, 11) is -3.88. The van der Waals surface area contributed by atoms with E-state index in [0.717, 1.165) is 0 Å². The number of carbonyl (C=O) groups excluding carboxylic acids is 1. The number of nitrogens with zero attached hydrogens (tertiary/aromatic N) is 1. The Kier molecular flexibility index (Phi) is 4.83. The molecule has 1 N–H and O–H groups in total. The van der Waals surface area contributed by atoms with Crippen LogP contribution in [0.15, 0.2) is 23.1 Å². The van der Waals surface area contributed by atoms with Crippen molar-refractivity contribution in [1.82, 2.24) is 4.31 Å². The molecule has 142 valence electrons. The fourth-order valence-electron chi connectivity index (χ4n) is 3.96. The number of sulfonamides is 1. The van der Waals surface area contributed by atoms with Gasteiger partial charge in [0.05, 0.1) is 22.5 Å². The van der Waals surface area contributed by atoms with Gasteiger partial charge < -0.3 is 9.84 Å². The van der Waals surface area contributed by atoms with Crippen molar-refractivity contribution in [1.29, 1.82) is 0 Å². The lowest BCUT2D eigenvalue weighted by molar-refractivity contribution is -0.142. The zero-order chi connectivity index (χ0) is 19.2. The predicted octanol–water partition coefficient (Wildman–Crippen LogP) is 2.19. The summed E-state index contributed by atoms with van der Waals surface area (Å²) in [6.07, 6.45) is 1.25. The highest BCUT2D eigenvalue weighted by Gasteiger charge is 2.54. The Morgan fingerprint density at radius 2 is 1.96 bits per heavy atom. The molecule has 0 radical (unpaired) electrons. The van der Waals surface area contributed by atoms with Crippen LogP contribution >= 0.6 is 0 Å². The third kappa shape index (κ3) is 3.12. The Balaban J connectivity index is 1.96. The fourth-order valence-corrected chi connectivity index (χ4v) is 5.90. The van der Waals surface area contributed by atoms with Gasteiger partial charge in [-0.25, -0.2) is 13.2 Å². The normalized spacial score (nSPS) is 25.6. The monoisotopic (exact) mass is 381 g/mol. The number of esters is 1. The molecule has 3 unspecified atom stereocenters. The third-order valence-corrected chi connectivity index (χ3v) is 7.11. The van der Waals surface area contributed by atoms with Crippen molar-refractivity contribution in [3.8, 4) is 0 Å². The van der Waals surface area contributed by atoms with E-state index in [4.69, 9.17) is 4.74 Å². The Labute approximate surface area is 153 Å². The molecule has 2 heterocycles. The van der Waals surface area contributed by atoms with Crippen molar-refractivity contribution in [2.75, 3.05) is 0 Å². The van der Waals surface area contributed by atoms with Crippen molar-refractivity contribution in [3.05, 3.63) is 29.3 Å². The van der Waals surface area contributed by atoms with E-state index in [9.17, 15) is 23.1 Å². The lowest BCUT2D eigenvalue weighted by atomic mass is 9.89. The van der Waals surface area contributed by atoms with E-state index in [1.165, 1.54) is 16.4 Å². The van der Waals surface area contributed by atoms with Gasteiger partial charge in [-0.05, 0) is 57.7 Å². The smallest absolute Gasteiger partial charge is 0.338 e. The molecule has 7 nitrogen and oxygen atoms in total. The molecular formula is C18H23NO6S. The van der Waals surface area contributed by atoms with E-state index in [2.05, 4.69) is 0 Å². The van der Waals surface area contributed by atoms with Crippen molar-refractivity contribution >= 4 is 22.0 Å². The van der Waals surface area contributed by atoms with Gasteiger partial charge in [-0.1, -0.05) is 6.07 Å². The van der Waals surface area contributed by atoms with E-state index >= 15 is 0 Å². The number of hydrogen-bond donors (Lipinski definition) is 1. The first-order valence-corrected chi connectivity index (χ1v) is 10.1. The number of carbonyl (C=O) groups is 2. The summed E-state index contributed by atoms with van der Waals surface area (Å²) in [6.45, 7) is 5.16. The zero-order valence-electron chi connectivity index (χ0n) is 15.0. The first kappa shape index (κ1) is 18.8. The van der Waals surface area contributed by atoms with Crippen LogP contribution in [0.25, 0.3) is 0 Å². The number of ether oxygens (including phenoxy) is 1. The fraction of sp³-hybridized carbons (Fsp3) is 0.556. The topological polar surface area (TPSA) is 101 Å². The maximum Gasteiger partial charge on any atom is 0.338 e. The first-order chi connectivity index (χ1) is 12.1. The summed E-state index contributed by atoms with van der Waals surface area (Å²) in [6, 6.07) is 3.57. The second-order valence-corrected chi connectivity index (χ2v) is 9.09. The molecule has 0 amide bonds. The standard InChI is InChI=1S/C18H23NO6S/c1-10(2)25-18(22)14-9-13(6-4-11(14)3)26(23,24)19-12-5-7-16(19)15(8-12)17(20)21/h4,6,9-10,12,15-16H,5,7-8H2,1-3H3,(H,20,21). The summed E-state index contributed by atoms with van der Waals surface area (Å²) in [5.41, 5.74) is 0.837. The maximum atomic E-state index is 13.2.